The standard InChI is InChI=1S/C14H16ClF2N3/c1-3-12-14(15)13(20(4-2)19-12)8-18-9-5-6-10(16)11(17)7-9/h5-7,18H,3-4,8H2,1-2H3. The van der Waals surface area contributed by atoms with Gasteiger partial charge in [0.2, 0.25) is 0 Å². The average molecular weight is 300 g/mol. The molecule has 1 heterocycles. The number of aryl methyl sites for hydroxylation is 2. The van der Waals surface area contributed by atoms with Crippen molar-refractivity contribution in [2.75, 3.05) is 5.32 Å². The third-order valence-corrected chi connectivity index (χ3v) is 3.51. The number of hydrogen-bond donors (Lipinski definition) is 1. The Balaban J connectivity index is 2.17. The van der Waals surface area contributed by atoms with Gasteiger partial charge in [-0.05, 0) is 25.5 Å². The van der Waals surface area contributed by atoms with Gasteiger partial charge in [0, 0.05) is 18.3 Å². The van der Waals surface area contributed by atoms with Crippen LogP contribution in [0.25, 0.3) is 0 Å². The van der Waals surface area contributed by atoms with Crippen LogP contribution in [0.1, 0.15) is 25.2 Å². The first-order chi connectivity index (χ1) is 9.56. The molecule has 6 heteroatoms. The van der Waals surface area contributed by atoms with Gasteiger partial charge in [-0.2, -0.15) is 5.10 Å². The Morgan fingerprint density at radius 1 is 1.25 bits per heavy atom. The van der Waals surface area contributed by atoms with Gasteiger partial charge in [-0.3, -0.25) is 4.68 Å². The molecule has 0 saturated heterocycles. The van der Waals surface area contributed by atoms with Crippen LogP contribution < -0.4 is 5.32 Å². The van der Waals surface area contributed by atoms with Gasteiger partial charge in [0.25, 0.3) is 0 Å². The molecule has 0 amide bonds. The Hall–Kier alpha value is -1.62. The molecule has 2 rings (SSSR count). The number of halogens is 3. The summed E-state index contributed by atoms with van der Waals surface area (Å²) in [4.78, 5) is 0. The summed E-state index contributed by atoms with van der Waals surface area (Å²) in [6.07, 6.45) is 0.754. The molecule has 0 aliphatic carbocycles. The Kier molecular flexibility index (Phi) is 4.60. The monoisotopic (exact) mass is 299 g/mol. The summed E-state index contributed by atoms with van der Waals surface area (Å²) in [6.45, 7) is 5.07. The third-order valence-electron chi connectivity index (χ3n) is 3.07. The highest BCUT2D eigenvalue weighted by atomic mass is 35.5. The van der Waals surface area contributed by atoms with E-state index in [1.807, 2.05) is 18.5 Å². The quantitative estimate of drug-likeness (QED) is 0.904. The summed E-state index contributed by atoms with van der Waals surface area (Å²) in [5.74, 6) is -1.74. The molecule has 2 aromatic rings. The Morgan fingerprint density at radius 3 is 2.60 bits per heavy atom. The van der Waals surface area contributed by atoms with Crippen molar-refractivity contribution in [1.82, 2.24) is 9.78 Å². The molecule has 20 heavy (non-hydrogen) atoms. The molecule has 0 unspecified atom stereocenters. The fourth-order valence-corrected chi connectivity index (χ4v) is 2.31. The van der Waals surface area contributed by atoms with Crippen molar-refractivity contribution in [2.45, 2.75) is 33.4 Å². The summed E-state index contributed by atoms with van der Waals surface area (Å²) in [5, 5.41) is 8.06. The molecule has 0 bridgehead atoms. The second-order valence-electron chi connectivity index (χ2n) is 4.36. The van der Waals surface area contributed by atoms with E-state index in [9.17, 15) is 8.78 Å². The number of benzene rings is 1. The van der Waals surface area contributed by atoms with E-state index >= 15 is 0 Å². The Labute approximate surface area is 121 Å². The van der Waals surface area contributed by atoms with Crippen LogP contribution in [0, 0.1) is 11.6 Å². The molecule has 0 aliphatic rings. The van der Waals surface area contributed by atoms with Gasteiger partial charge in [0.05, 0.1) is 23.0 Å². The van der Waals surface area contributed by atoms with Crippen molar-refractivity contribution in [1.29, 1.82) is 0 Å². The second kappa shape index (κ2) is 6.22. The van der Waals surface area contributed by atoms with Crippen LogP contribution in [0.3, 0.4) is 0 Å². The number of anilines is 1. The second-order valence-corrected chi connectivity index (χ2v) is 4.74. The minimum absolute atomic E-state index is 0.407. The normalized spacial score (nSPS) is 10.8. The molecule has 0 saturated carbocycles. The summed E-state index contributed by atoms with van der Waals surface area (Å²) in [7, 11) is 0. The number of aromatic nitrogens is 2. The van der Waals surface area contributed by atoms with E-state index in [-0.39, 0.29) is 0 Å². The molecule has 0 aliphatic heterocycles. The van der Waals surface area contributed by atoms with Gasteiger partial charge in [-0.15, -0.1) is 0 Å². The van der Waals surface area contributed by atoms with Crippen molar-refractivity contribution < 1.29 is 8.78 Å². The lowest BCUT2D eigenvalue weighted by Gasteiger charge is -2.09. The van der Waals surface area contributed by atoms with Crippen LogP contribution in [0.2, 0.25) is 5.02 Å². The summed E-state index contributed by atoms with van der Waals surface area (Å²) in [5.41, 5.74) is 2.19. The smallest absolute Gasteiger partial charge is 0.160 e. The Bertz CT molecular complexity index is 611. The first-order valence-electron chi connectivity index (χ1n) is 6.49. The molecule has 1 aromatic carbocycles. The fraction of sp³-hybridized carbons (Fsp3) is 0.357. The van der Waals surface area contributed by atoms with Gasteiger partial charge in [-0.1, -0.05) is 18.5 Å². The van der Waals surface area contributed by atoms with Gasteiger partial charge in [-0.25, -0.2) is 8.78 Å². The minimum Gasteiger partial charge on any atom is -0.379 e. The van der Waals surface area contributed by atoms with Crippen molar-refractivity contribution in [3.05, 3.63) is 46.2 Å². The number of hydrogen-bond acceptors (Lipinski definition) is 2. The molecule has 0 spiro atoms. The van der Waals surface area contributed by atoms with Crippen LogP contribution >= 0.6 is 11.6 Å². The van der Waals surface area contributed by atoms with Gasteiger partial charge >= 0.3 is 0 Å². The highest BCUT2D eigenvalue weighted by Crippen LogP contribution is 2.23. The van der Waals surface area contributed by atoms with Crippen molar-refractivity contribution >= 4 is 17.3 Å². The summed E-state index contributed by atoms with van der Waals surface area (Å²) < 4.78 is 27.8. The first-order valence-corrected chi connectivity index (χ1v) is 6.87. The lowest BCUT2D eigenvalue weighted by atomic mass is 10.2. The predicted octanol–water partition coefficient (Wildman–Crippen LogP) is 4.01. The average Bonchev–Trinajstić information content (AvgIpc) is 2.76. The lowest BCUT2D eigenvalue weighted by Crippen LogP contribution is -2.08. The van der Waals surface area contributed by atoms with Crippen molar-refractivity contribution in [3.63, 3.8) is 0 Å². The predicted molar refractivity (Wildman–Crippen MR) is 76.0 cm³/mol. The van der Waals surface area contributed by atoms with E-state index in [4.69, 9.17) is 11.6 Å². The first kappa shape index (κ1) is 14.8. The molecule has 1 aromatic heterocycles. The fourth-order valence-electron chi connectivity index (χ4n) is 1.98. The van der Waals surface area contributed by atoms with E-state index in [0.29, 0.717) is 23.8 Å². The SMILES string of the molecule is CCc1nn(CC)c(CNc2ccc(F)c(F)c2)c1Cl. The van der Waals surface area contributed by atoms with Crippen LogP contribution in [0.5, 0.6) is 0 Å². The largest absolute Gasteiger partial charge is 0.379 e. The minimum atomic E-state index is -0.876. The summed E-state index contributed by atoms with van der Waals surface area (Å²) in [6, 6.07) is 3.70. The van der Waals surface area contributed by atoms with Crippen LogP contribution in [-0.4, -0.2) is 9.78 Å². The van der Waals surface area contributed by atoms with E-state index in [1.54, 1.807) is 0 Å². The van der Waals surface area contributed by atoms with E-state index < -0.39 is 11.6 Å². The molecular formula is C14H16ClF2N3. The zero-order valence-corrected chi connectivity index (χ0v) is 12.1. The topological polar surface area (TPSA) is 29.9 Å². The molecular weight excluding hydrogens is 284 g/mol. The summed E-state index contributed by atoms with van der Waals surface area (Å²) >= 11 is 6.27. The third kappa shape index (κ3) is 2.93. The zero-order valence-electron chi connectivity index (χ0n) is 11.4. The molecule has 3 nitrogen and oxygen atoms in total. The van der Waals surface area contributed by atoms with E-state index in [1.165, 1.54) is 6.07 Å². The maximum atomic E-state index is 13.1. The highest BCUT2D eigenvalue weighted by Gasteiger charge is 2.14. The maximum Gasteiger partial charge on any atom is 0.160 e. The van der Waals surface area contributed by atoms with Crippen LogP contribution in [0.15, 0.2) is 18.2 Å². The molecule has 1 N–H and O–H groups in total. The maximum absolute atomic E-state index is 13.1. The zero-order chi connectivity index (χ0) is 14.7. The molecule has 0 radical (unpaired) electrons. The van der Waals surface area contributed by atoms with Crippen molar-refractivity contribution in [3.8, 4) is 0 Å². The van der Waals surface area contributed by atoms with E-state index in [2.05, 4.69) is 10.4 Å². The number of rotatable bonds is 5. The highest BCUT2D eigenvalue weighted by molar-refractivity contribution is 6.31. The molecule has 0 fully saturated rings. The lowest BCUT2D eigenvalue weighted by molar-refractivity contribution is 0.509. The number of nitrogens with zero attached hydrogens (tertiary/aromatic N) is 2. The van der Waals surface area contributed by atoms with Crippen LogP contribution in [0.4, 0.5) is 14.5 Å². The van der Waals surface area contributed by atoms with Crippen LogP contribution in [-0.2, 0) is 19.5 Å². The van der Waals surface area contributed by atoms with E-state index in [0.717, 1.165) is 29.9 Å². The van der Waals surface area contributed by atoms with Gasteiger partial charge in [0.1, 0.15) is 0 Å². The van der Waals surface area contributed by atoms with Gasteiger partial charge in [0.15, 0.2) is 11.6 Å². The van der Waals surface area contributed by atoms with Gasteiger partial charge < -0.3 is 5.32 Å². The Morgan fingerprint density at radius 2 is 2.00 bits per heavy atom. The number of nitrogens with one attached hydrogen (secondary N) is 1. The van der Waals surface area contributed by atoms with Crippen molar-refractivity contribution in [2.24, 2.45) is 0 Å². The molecule has 108 valence electrons. The molecule has 0 atom stereocenters.